The first-order chi connectivity index (χ1) is 10.6. The molecule has 2 heterocycles. The minimum Gasteiger partial charge on any atom is -0.388 e. The van der Waals surface area contributed by atoms with E-state index in [0.717, 1.165) is 5.69 Å². The average molecular weight is 323 g/mol. The Morgan fingerprint density at radius 1 is 1.43 bits per heavy atom. The van der Waals surface area contributed by atoms with E-state index in [9.17, 15) is 9.90 Å². The van der Waals surface area contributed by atoms with Crippen LogP contribution in [-0.4, -0.2) is 46.2 Å². The molecule has 0 aromatic carbocycles. The lowest BCUT2D eigenvalue weighted by Crippen LogP contribution is -2.46. The van der Waals surface area contributed by atoms with Crippen molar-refractivity contribution < 1.29 is 14.6 Å². The first-order valence-electron chi connectivity index (χ1n) is 8.31. The molecule has 6 heteroatoms. The summed E-state index contributed by atoms with van der Waals surface area (Å²) in [5.41, 5.74) is 0.380. The fraction of sp³-hybridized carbons (Fsp3) is 0.765. The van der Waals surface area contributed by atoms with Crippen molar-refractivity contribution in [3.8, 4) is 0 Å². The Labute approximate surface area is 138 Å². The zero-order valence-electron chi connectivity index (χ0n) is 14.8. The molecule has 0 bridgehead atoms. The second-order valence-corrected chi connectivity index (χ2v) is 7.71. The van der Waals surface area contributed by atoms with Crippen LogP contribution in [0.1, 0.15) is 69.6 Å². The van der Waals surface area contributed by atoms with Crippen molar-refractivity contribution in [2.45, 2.75) is 64.5 Å². The van der Waals surface area contributed by atoms with E-state index >= 15 is 0 Å². The van der Waals surface area contributed by atoms with Gasteiger partial charge in [-0.25, -0.2) is 0 Å². The standard InChI is InChI=1S/C17H29N3O3/c1-12(2)14-10-13(19-20(14)16(3,4)5)15(21)18-11-17(22)6-8-23-9-7-17/h10,12,22H,6-9,11H2,1-5H3,(H,18,21). The Bertz CT molecular complexity index is 552. The minimum atomic E-state index is -0.874. The fourth-order valence-corrected chi connectivity index (χ4v) is 2.72. The van der Waals surface area contributed by atoms with Crippen LogP contribution in [0.5, 0.6) is 0 Å². The quantitative estimate of drug-likeness (QED) is 0.889. The third kappa shape index (κ3) is 4.32. The van der Waals surface area contributed by atoms with Gasteiger partial charge in [0, 0.05) is 38.3 Å². The van der Waals surface area contributed by atoms with Crippen molar-refractivity contribution >= 4 is 5.91 Å². The van der Waals surface area contributed by atoms with Crippen molar-refractivity contribution in [3.05, 3.63) is 17.5 Å². The summed E-state index contributed by atoms with van der Waals surface area (Å²) in [6, 6.07) is 1.85. The zero-order chi connectivity index (χ0) is 17.3. The lowest BCUT2D eigenvalue weighted by molar-refractivity contribution is -0.0605. The van der Waals surface area contributed by atoms with E-state index in [2.05, 4.69) is 45.0 Å². The molecule has 130 valence electrons. The Balaban J connectivity index is 2.10. The van der Waals surface area contributed by atoms with Crippen LogP contribution in [0.25, 0.3) is 0 Å². The number of carbonyl (C=O) groups is 1. The van der Waals surface area contributed by atoms with Gasteiger partial charge in [-0.1, -0.05) is 13.8 Å². The number of hydrogen-bond donors (Lipinski definition) is 2. The lowest BCUT2D eigenvalue weighted by atomic mass is 9.94. The van der Waals surface area contributed by atoms with Crippen molar-refractivity contribution in [1.29, 1.82) is 0 Å². The molecule has 0 atom stereocenters. The minimum absolute atomic E-state index is 0.183. The van der Waals surface area contributed by atoms with E-state index in [1.165, 1.54) is 0 Å². The Morgan fingerprint density at radius 2 is 2.04 bits per heavy atom. The SMILES string of the molecule is CC(C)c1cc(C(=O)NCC2(O)CCOCC2)nn1C(C)(C)C. The molecule has 1 amide bonds. The fourth-order valence-electron chi connectivity index (χ4n) is 2.72. The molecule has 23 heavy (non-hydrogen) atoms. The average Bonchev–Trinajstić information content (AvgIpc) is 2.91. The first kappa shape index (κ1) is 17.9. The Hall–Kier alpha value is -1.40. The topological polar surface area (TPSA) is 76.4 Å². The normalized spacial score (nSPS) is 18.2. The zero-order valence-corrected chi connectivity index (χ0v) is 14.8. The molecule has 2 rings (SSSR count). The van der Waals surface area contributed by atoms with Gasteiger partial charge in [-0.3, -0.25) is 9.48 Å². The van der Waals surface area contributed by atoms with Crippen LogP contribution in [0.2, 0.25) is 0 Å². The molecule has 1 saturated heterocycles. The maximum absolute atomic E-state index is 12.4. The summed E-state index contributed by atoms with van der Waals surface area (Å²) >= 11 is 0. The summed E-state index contributed by atoms with van der Waals surface area (Å²) in [5.74, 6) is 0.0396. The highest BCUT2D eigenvalue weighted by molar-refractivity contribution is 5.92. The van der Waals surface area contributed by atoms with Crippen molar-refractivity contribution in [1.82, 2.24) is 15.1 Å². The van der Waals surface area contributed by atoms with Crippen molar-refractivity contribution in [2.75, 3.05) is 19.8 Å². The highest BCUT2D eigenvalue weighted by Crippen LogP contribution is 2.24. The molecular weight excluding hydrogens is 294 g/mol. The van der Waals surface area contributed by atoms with Gasteiger partial charge in [-0.15, -0.1) is 0 Å². The van der Waals surface area contributed by atoms with E-state index in [1.807, 2.05) is 10.7 Å². The monoisotopic (exact) mass is 323 g/mol. The summed E-state index contributed by atoms with van der Waals surface area (Å²) in [6.07, 6.45) is 1.09. The summed E-state index contributed by atoms with van der Waals surface area (Å²) in [5, 5.41) is 17.7. The van der Waals surface area contributed by atoms with Gasteiger partial charge in [0.2, 0.25) is 0 Å². The van der Waals surface area contributed by atoms with E-state index < -0.39 is 5.60 Å². The van der Waals surface area contributed by atoms with Crippen molar-refractivity contribution in [2.24, 2.45) is 0 Å². The van der Waals surface area contributed by atoms with Crippen LogP contribution >= 0.6 is 0 Å². The van der Waals surface area contributed by atoms with E-state index in [0.29, 0.717) is 31.7 Å². The number of carbonyl (C=O) groups excluding carboxylic acids is 1. The van der Waals surface area contributed by atoms with Gasteiger partial charge in [0.1, 0.15) is 5.69 Å². The molecule has 1 fully saturated rings. The molecule has 0 radical (unpaired) electrons. The van der Waals surface area contributed by atoms with Gasteiger partial charge in [0.25, 0.3) is 5.91 Å². The van der Waals surface area contributed by atoms with E-state index in [-0.39, 0.29) is 23.9 Å². The summed E-state index contributed by atoms with van der Waals surface area (Å²) < 4.78 is 7.16. The van der Waals surface area contributed by atoms with Gasteiger partial charge >= 0.3 is 0 Å². The number of nitrogens with zero attached hydrogens (tertiary/aromatic N) is 2. The van der Waals surface area contributed by atoms with Crippen LogP contribution in [0.4, 0.5) is 0 Å². The third-order valence-corrected chi connectivity index (χ3v) is 4.20. The van der Waals surface area contributed by atoms with Crippen LogP contribution in [0.3, 0.4) is 0 Å². The highest BCUT2D eigenvalue weighted by Gasteiger charge is 2.31. The van der Waals surface area contributed by atoms with E-state index in [1.54, 1.807) is 0 Å². The number of nitrogens with one attached hydrogen (secondary N) is 1. The smallest absolute Gasteiger partial charge is 0.271 e. The Kier molecular flexibility index (Phi) is 5.16. The van der Waals surface area contributed by atoms with Crippen LogP contribution < -0.4 is 5.32 Å². The summed E-state index contributed by atoms with van der Waals surface area (Å²) in [4.78, 5) is 12.4. The lowest BCUT2D eigenvalue weighted by Gasteiger charge is -2.31. The van der Waals surface area contributed by atoms with Crippen LogP contribution in [0.15, 0.2) is 6.07 Å². The molecule has 1 aromatic rings. The number of amides is 1. The number of hydrogen-bond acceptors (Lipinski definition) is 4. The van der Waals surface area contributed by atoms with Crippen LogP contribution in [-0.2, 0) is 10.3 Å². The predicted molar refractivity (Wildman–Crippen MR) is 88.6 cm³/mol. The number of ether oxygens (including phenoxy) is 1. The summed E-state index contributed by atoms with van der Waals surface area (Å²) in [7, 11) is 0. The van der Waals surface area contributed by atoms with Crippen molar-refractivity contribution in [3.63, 3.8) is 0 Å². The van der Waals surface area contributed by atoms with Crippen LogP contribution in [0, 0.1) is 0 Å². The summed E-state index contributed by atoms with van der Waals surface area (Å²) in [6.45, 7) is 11.7. The van der Waals surface area contributed by atoms with Gasteiger partial charge in [0.05, 0.1) is 11.1 Å². The molecule has 1 aliphatic heterocycles. The molecule has 0 saturated carbocycles. The largest absolute Gasteiger partial charge is 0.388 e. The molecular formula is C17H29N3O3. The molecule has 0 unspecified atom stereocenters. The first-order valence-corrected chi connectivity index (χ1v) is 8.31. The molecule has 6 nitrogen and oxygen atoms in total. The number of aromatic nitrogens is 2. The number of aliphatic hydroxyl groups is 1. The molecule has 1 aromatic heterocycles. The third-order valence-electron chi connectivity index (χ3n) is 4.20. The predicted octanol–water partition coefficient (Wildman–Crippen LogP) is 2.03. The molecule has 0 aliphatic carbocycles. The maximum Gasteiger partial charge on any atom is 0.271 e. The number of rotatable bonds is 4. The molecule has 2 N–H and O–H groups in total. The van der Waals surface area contributed by atoms with Gasteiger partial charge in [-0.2, -0.15) is 5.10 Å². The van der Waals surface area contributed by atoms with E-state index in [4.69, 9.17) is 4.74 Å². The molecule has 0 spiro atoms. The second kappa shape index (κ2) is 6.61. The highest BCUT2D eigenvalue weighted by atomic mass is 16.5. The maximum atomic E-state index is 12.4. The van der Waals surface area contributed by atoms with Gasteiger partial charge in [0.15, 0.2) is 0 Å². The van der Waals surface area contributed by atoms with Gasteiger partial charge < -0.3 is 15.2 Å². The van der Waals surface area contributed by atoms with Gasteiger partial charge in [-0.05, 0) is 32.8 Å². The molecule has 1 aliphatic rings. The Morgan fingerprint density at radius 3 is 2.52 bits per heavy atom. The second-order valence-electron chi connectivity index (χ2n) is 7.71.